The van der Waals surface area contributed by atoms with Gasteiger partial charge in [0.15, 0.2) is 0 Å². The quantitative estimate of drug-likeness (QED) is 0.256. The lowest BCUT2D eigenvalue weighted by molar-refractivity contribution is -0.0583. The topological polar surface area (TPSA) is 56.2 Å². The summed E-state index contributed by atoms with van der Waals surface area (Å²) in [6.45, 7) is 10.1. The number of halogens is 2. The van der Waals surface area contributed by atoms with Gasteiger partial charge in [0.25, 0.3) is 0 Å². The fourth-order valence-electron chi connectivity index (χ4n) is 6.91. The minimum atomic E-state index is -0.651. The SMILES string of the molecule is CC(C)(C)c1ccc(OCCC(C(O)C2CCN(c3ccc(F)cc3)CC2)C(O)C2CCN(c3ccc(F)cc3)CC2)cc1. The minimum absolute atomic E-state index is 0.0659. The van der Waals surface area contributed by atoms with Crippen LogP contribution in [0, 0.1) is 29.4 Å². The van der Waals surface area contributed by atoms with Gasteiger partial charge in [0.2, 0.25) is 0 Å². The molecule has 5 nitrogen and oxygen atoms in total. The Morgan fingerprint density at radius 3 is 1.48 bits per heavy atom. The first kappa shape index (κ1) is 32.2. The summed E-state index contributed by atoms with van der Waals surface area (Å²) in [5.41, 5.74) is 3.30. The molecule has 238 valence electrons. The molecular weight excluding hydrogens is 558 g/mol. The van der Waals surface area contributed by atoms with Crippen molar-refractivity contribution in [2.45, 2.75) is 70.5 Å². The monoisotopic (exact) mass is 606 g/mol. The van der Waals surface area contributed by atoms with Crippen molar-refractivity contribution in [1.29, 1.82) is 0 Å². The van der Waals surface area contributed by atoms with Crippen LogP contribution in [0.15, 0.2) is 72.8 Å². The highest BCUT2D eigenvalue weighted by molar-refractivity contribution is 5.47. The lowest BCUT2D eigenvalue weighted by atomic mass is 9.75. The molecule has 2 aliphatic heterocycles. The Balaban J connectivity index is 1.22. The summed E-state index contributed by atoms with van der Waals surface area (Å²) in [4.78, 5) is 4.48. The number of nitrogens with zero attached hydrogens (tertiary/aromatic N) is 2. The van der Waals surface area contributed by atoms with Gasteiger partial charge in [0.1, 0.15) is 17.4 Å². The van der Waals surface area contributed by atoms with Gasteiger partial charge in [0.05, 0.1) is 18.8 Å². The molecule has 0 spiro atoms. The van der Waals surface area contributed by atoms with Gasteiger partial charge in [-0.1, -0.05) is 32.9 Å². The number of hydrogen-bond acceptors (Lipinski definition) is 5. The Hall–Kier alpha value is -3.16. The van der Waals surface area contributed by atoms with Crippen molar-refractivity contribution < 1.29 is 23.7 Å². The molecule has 0 radical (unpaired) electrons. The molecule has 2 atom stereocenters. The molecule has 2 saturated heterocycles. The van der Waals surface area contributed by atoms with Crippen LogP contribution in [0.4, 0.5) is 20.2 Å². The molecule has 3 aromatic rings. The Kier molecular flexibility index (Phi) is 10.5. The van der Waals surface area contributed by atoms with Crippen molar-refractivity contribution in [3.8, 4) is 5.75 Å². The fourth-order valence-corrected chi connectivity index (χ4v) is 6.91. The average molecular weight is 607 g/mol. The molecule has 0 bridgehead atoms. The zero-order chi connectivity index (χ0) is 31.3. The van der Waals surface area contributed by atoms with Gasteiger partial charge < -0.3 is 24.7 Å². The van der Waals surface area contributed by atoms with E-state index >= 15 is 0 Å². The van der Waals surface area contributed by atoms with Gasteiger partial charge in [-0.05, 0) is 116 Å². The van der Waals surface area contributed by atoms with Crippen molar-refractivity contribution in [2.75, 3.05) is 42.6 Å². The predicted octanol–water partition coefficient (Wildman–Crippen LogP) is 7.20. The number of benzene rings is 3. The van der Waals surface area contributed by atoms with Crippen molar-refractivity contribution in [2.24, 2.45) is 17.8 Å². The van der Waals surface area contributed by atoms with E-state index in [9.17, 15) is 19.0 Å². The second kappa shape index (κ2) is 14.3. The zero-order valence-electron chi connectivity index (χ0n) is 26.3. The van der Waals surface area contributed by atoms with Crippen molar-refractivity contribution in [3.05, 3.63) is 90.0 Å². The molecule has 2 heterocycles. The lowest BCUT2D eigenvalue weighted by Crippen LogP contribution is -2.47. The average Bonchev–Trinajstić information content (AvgIpc) is 3.03. The third-order valence-electron chi connectivity index (χ3n) is 9.75. The van der Waals surface area contributed by atoms with Crippen molar-refractivity contribution >= 4 is 11.4 Å². The molecule has 44 heavy (non-hydrogen) atoms. The molecule has 5 rings (SSSR count). The van der Waals surface area contributed by atoms with Crippen LogP contribution < -0.4 is 14.5 Å². The maximum absolute atomic E-state index is 13.4. The highest BCUT2D eigenvalue weighted by Crippen LogP contribution is 2.36. The molecule has 3 aromatic carbocycles. The first-order valence-corrected chi connectivity index (χ1v) is 16.2. The van der Waals surface area contributed by atoms with Crippen molar-refractivity contribution in [1.82, 2.24) is 0 Å². The highest BCUT2D eigenvalue weighted by Gasteiger charge is 2.38. The van der Waals surface area contributed by atoms with E-state index in [1.54, 1.807) is 0 Å². The van der Waals surface area contributed by atoms with Gasteiger partial charge >= 0.3 is 0 Å². The second-order valence-corrected chi connectivity index (χ2v) is 13.7. The van der Waals surface area contributed by atoms with Gasteiger partial charge in [-0.25, -0.2) is 8.78 Å². The summed E-state index contributed by atoms with van der Waals surface area (Å²) in [6, 6.07) is 21.4. The summed E-state index contributed by atoms with van der Waals surface area (Å²) < 4.78 is 33.0. The molecular formula is C37H48F2N2O3. The van der Waals surface area contributed by atoms with Gasteiger partial charge in [-0.3, -0.25) is 0 Å². The van der Waals surface area contributed by atoms with Crippen LogP contribution in [-0.2, 0) is 5.41 Å². The first-order valence-electron chi connectivity index (χ1n) is 16.2. The summed E-state index contributed by atoms with van der Waals surface area (Å²) in [5.74, 6) is 0.126. The van der Waals surface area contributed by atoms with Crippen LogP contribution in [0.1, 0.15) is 58.4 Å². The number of hydrogen-bond donors (Lipinski definition) is 2. The standard InChI is InChI=1S/C37H48F2N2O3/c1-37(2,3)28-4-14-33(15-5-28)44-25-20-34(35(42)26-16-21-40(22-17-26)31-10-6-29(38)7-11-31)36(43)27-18-23-41(24-19-27)32-12-8-30(39)9-13-32/h4-15,26-27,34-36,42-43H,16-25H2,1-3H3. The summed E-state index contributed by atoms with van der Waals surface area (Å²) in [5, 5.41) is 23.6. The molecule has 0 amide bonds. The van der Waals surface area contributed by atoms with E-state index in [4.69, 9.17) is 4.74 Å². The van der Waals surface area contributed by atoms with Crippen LogP contribution in [0.25, 0.3) is 0 Å². The Morgan fingerprint density at radius 1 is 0.682 bits per heavy atom. The van der Waals surface area contributed by atoms with E-state index in [0.717, 1.165) is 69.0 Å². The van der Waals surface area contributed by atoms with E-state index in [0.29, 0.717) is 13.0 Å². The first-order chi connectivity index (χ1) is 21.1. The molecule has 2 unspecified atom stereocenters. The molecule has 7 heteroatoms. The molecule has 0 saturated carbocycles. The third-order valence-corrected chi connectivity index (χ3v) is 9.75. The third kappa shape index (κ3) is 8.10. The number of aliphatic hydroxyl groups is 2. The predicted molar refractivity (Wildman–Crippen MR) is 173 cm³/mol. The van der Waals surface area contributed by atoms with Crippen molar-refractivity contribution in [3.63, 3.8) is 0 Å². The highest BCUT2D eigenvalue weighted by atomic mass is 19.1. The minimum Gasteiger partial charge on any atom is -0.494 e. The van der Waals surface area contributed by atoms with Crippen LogP contribution in [0.2, 0.25) is 0 Å². The maximum atomic E-state index is 13.4. The summed E-state index contributed by atoms with van der Waals surface area (Å²) >= 11 is 0. The number of ether oxygens (including phenoxy) is 1. The Labute approximate surface area is 261 Å². The number of aliphatic hydroxyl groups excluding tert-OH is 2. The maximum Gasteiger partial charge on any atom is 0.123 e. The summed E-state index contributed by atoms with van der Waals surface area (Å²) in [6.07, 6.45) is 2.48. The van der Waals surface area contributed by atoms with Crippen LogP contribution in [0.5, 0.6) is 5.75 Å². The van der Waals surface area contributed by atoms with E-state index in [1.807, 2.05) is 36.4 Å². The Bertz CT molecular complexity index is 1220. The van der Waals surface area contributed by atoms with E-state index in [1.165, 1.54) is 29.8 Å². The van der Waals surface area contributed by atoms with Gasteiger partial charge in [-0.2, -0.15) is 0 Å². The van der Waals surface area contributed by atoms with Gasteiger partial charge in [0, 0.05) is 43.5 Å². The van der Waals surface area contributed by atoms with Crippen LogP contribution in [0.3, 0.4) is 0 Å². The molecule has 2 N–H and O–H groups in total. The Morgan fingerprint density at radius 2 is 1.09 bits per heavy atom. The van der Waals surface area contributed by atoms with E-state index in [2.05, 4.69) is 42.7 Å². The van der Waals surface area contributed by atoms with Gasteiger partial charge in [-0.15, -0.1) is 0 Å². The molecule has 0 aromatic heterocycles. The second-order valence-electron chi connectivity index (χ2n) is 13.7. The van der Waals surface area contributed by atoms with Crippen LogP contribution in [-0.4, -0.2) is 55.2 Å². The molecule has 2 aliphatic rings. The zero-order valence-corrected chi connectivity index (χ0v) is 26.3. The van der Waals surface area contributed by atoms with Crippen LogP contribution >= 0.6 is 0 Å². The molecule has 0 aliphatic carbocycles. The number of anilines is 2. The normalized spacial score (nSPS) is 19.1. The van der Waals surface area contributed by atoms with E-state index in [-0.39, 0.29) is 34.8 Å². The number of rotatable bonds is 10. The van der Waals surface area contributed by atoms with E-state index < -0.39 is 12.2 Å². The number of piperidine rings is 2. The summed E-state index contributed by atoms with van der Waals surface area (Å²) in [7, 11) is 0. The largest absolute Gasteiger partial charge is 0.494 e. The smallest absolute Gasteiger partial charge is 0.123 e. The molecule has 2 fully saturated rings. The lowest BCUT2D eigenvalue weighted by Gasteiger charge is -2.42. The fraction of sp³-hybridized carbons (Fsp3) is 0.514.